The maximum absolute atomic E-state index is 13.2. The number of hydrogen-bond acceptors (Lipinski definition) is 6. The summed E-state index contributed by atoms with van der Waals surface area (Å²) >= 11 is 5.96. The first kappa shape index (κ1) is 23.5. The molecule has 5 rings (SSSR count). The molecule has 3 aromatic carbocycles. The lowest BCUT2D eigenvalue weighted by Gasteiger charge is -2.31. The van der Waals surface area contributed by atoms with Crippen molar-refractivity contribution in [2.45, 2.75) is 12.1 Å². The van der Waals surface area contributed by atoms with Gasteiger partial charge in [-0.05, 0) is 66.2 Å². The number of morpholine rings is 1. The van der Waals surface area contributed by atoms with E-state index >= 15 is 0 Å². The van der Waals surface area contributed by atoms with Crippen molar-refractivity contribution < 1.29 is 23.7 Å². The molecule has 0 radical (unpaired) electrons. The number of halogens is 1. The Hall–Kier alpha value is -3.26. The van der Waals surface area contributed by atoms with Crippen LogP contribution in [0.25, 0.3) is 0 Å². The van der Waals surface area contributed by atoms with Gasteiger partial charge in [-0.15, -0.1) is 0 Å². The second-order valence-corrected chi connectivity index (χ2v) is 8.91. The Morgan fingerprint density at radius 3 is 2.31 bits per heavy atom. The number of carbonyl (C=O) groups excluding carboxylic acids is 1. The number of amides is 1. The molecule has 1 amide bonds. The van der Waals surface area contributed by atoms with Gasteiger partial charge in [0, 0.05) is 30.3 Å². The van der Waals surface area contributed by atoms with Crippen LogP contribution in [0, 0.1) is 0 Å². The third-order valence-electron chi connectivity index (χ3n) is 6.22. The Morgan fingerprint density at radius 2 is 1.63 bits per heavy atom. The molecule has 0 aliphatic carbocycles. The van der Waals surface area contributed by atoms with E-state index < -0.39 is 0 Å². The summed E-state index contributed by atoms with van der Waals surface area (Å²) in [4.78, 5) is 17.2. The Kier molecular flexibility index (Phi) is 7.08. The largest absolute Gasteiger partial charge is 0.497 e. The lowest BCUT2D eigenvalue weighted by Crippen LogP contribution is -2.43. The van der Waals surface area contributed by atoms with E-state index in [4.69, 9.17) is 30.5 Å². The molecule has 0 spiro atoms. The number of methoxy groups -OCH3 is 1. The highest BCUT2D eigenvalue weighted by atomic mass is 35.5. The zero-order valence-corrected chi connectivity index (χ0v) is 20.2. The highest BCUT2D eigenvalue weighted by Gasteiger charge is 2.44. The molecular weight excluding hydrogens is 468 g/mol. The van der Waals surface area contributed by atoms with Crippen molar-refractivity contribution in [3.8, 4) is 17.2 Å². The molecule has 7 nitrogen and oxygen atoms in total. The van der Waals surface area contributed by atoms with Gasteiger partial charge in [0.2, 0.25) is 0 Å². The van der Waals surface area contributed by atoms with Crippen LogP contribution in [-0.4, -0.2) is 57.1 Å². The molecule has 0 saturated carbocycles. The fraction of sp³-hybridized carbons (Fsp3) is 0.296. The van der Waals surface area contributed by atoms with Gasteiger partial charge in [-0.3, -0.25) is 9.80 Å². The van der Waals surface area contributed by atoms with Crippen LogP contribution in [-0.2, 0) is 9.47 Å². The molecule has 35 heavy (non-hydrogen) atoms. The SMILES string of the molecule is COc1cccc([C@H]2[C@H](CN3CCOCC3)OC(=O)N2c2ccc(Oc3ccc(Cl)cc3)cc2)c1. The van der Waals surface area contributed by atoms with Crippen molar-refractivity contribution in [2.24, 2.45) is 0 Å². The van der Waals surface area contributed by atoms with Gasteiger partial charge in [-0.1, -0.05) is 23.7 Å². The summed E-state index contributed by atoms with van der Waals surface area (Å²) in [7, 11) is 1.64. The first-order chi connectivity index (χ1) is 17.1. The Bertz CT molecular complexity index is 1150. The zero-order valence-electron chi connectivity index (χ0n) is 19.4. The highest BCUT2D eigenvalue weighted by Crippen LogP contribution is 2.39. The first-order valence-corrected chi connectivity index (χ1v) is 12.0. The molecule has 2 aliphatic heterocycles. The summed E-state index contributed by atoms with van der Waals surface area (Å²) in [5, 5.41) is 0.649. The fourth-order valence-corrected chi connectivity index (χ4v) is 4.60. The fourth-order valence-electron chi connectivity index (χ4n) is 4.47. The van der Waals surface area contributed by atoms with Crippen LogP contribution in [0.5, 0.6) is 17.2 Å². The van der Waals surface area contributed by atoms with Gasteiger partial charge in [0.15, 0.2) is 0 Å². The summed E-state index contributed by atoms with van der Waals surface area (Å²) in [6.45, 7) is 3.63. The first-order valence-electron chi connectivity index (χ1n) is 11.6. The number of benzene rings is 3. The van der Waals surface area contributed by atoms with Gasteiger partial charge in [-0.25, -0.2) is 4.79 Å². The average Bonchev–Trinajstić information content (AvgIpc) is 3.21. The lowest BCUT2D eigenvalue weighted by atomic mass is 9.99. The van der Waals surface area contributed by atoms with Crippen LogP contribution in [0.1, 0.15) is 11.6 Å². The second kappa shape index (κ2) is 10.6. The molecule has 2 heterocycles. The predicted octanol–water partition coefficient (Wildman–Crippen LogP) is 5.54. The zero-order chi connectivity index (χ0) is 24.2. The monoisotopic (exact) mass is 494 g/mol. The number of rotatable bonds is 7. The van der Waals surface area contributed by atoms with Crippen molar-refractivity contribution in [1.82, 2.24) is 4.90 Å². The van der Waals surface area contributed by atoms with Crippen LogP contribution in [0.2, 0.25) is 5.02 Å². The van der Waals surface area contributed by atoms with Crippen LogP contribution in [0.4, 0.5) is 10.5 Å². The smallest absolute Gasteiger partial charge is 0.415 e. The third kappa shape index (κ3) is 5.37. The van der Waals surface area contributed by atoms with Gasteiger partial charge in [0.05, 0.1) is 20.3 Å². The van der Waals surface area contributed by atoms with E-state index in [1.807, 2.05) is 60.7 Å². The molecule has 0 unspecified atom stereocenters. The van der Waals surface area contributed by atoms with E-state index in [2.05, 4.69) is 4.90 Å². The molecule has 2 fully saturated rings. The minimum Gasteiger partial charge on any atom is -0.497 e. The predicted molar refractivity (Wildman–Crippen MR) is 134 cm³/mol. The van der Waals surface area contributed by atoms with Gasteiger partial charge < -0.3 is 18.9 Å². The Labute approximate surface area is 209 Å². The summed E-state index contributed by atoms with van der Waals surface area (Å²) in [5.41, 5.74) is 1.69. The van der Waals surface area contributed by atoms with Crippen LogP contribution >= 0.6 is 11.6 Å². The molecule has 0 aromatic heterocycles. The minimum absolute atomic E-state index is 0.302. The topological polar surface area (TPSA) is 60.5 Å². The van der Waals surface area contributed by atoms with Gasteiger partial charge in [0.25, 0.3) is 0 Å². The van der Waals surface area contributed by atoms with E-state index in [1.165, 1.54) is 0 Å². The van der Waals surface area contributed by atoms with Crippen molar-refractivity contribution in [3.63, 3.8) is 0 Å². The molecule has 2 saturated heterocycles. The molecular formula is C27H27ClN2O5. The summed E-state index contributed by atoms with van der Waals surface area (Å²) in [5.74, 6) is 2.08. The van der Waals surface area contributed by atoms with Crippen molar-refractivity contribution in [3.05, 3.63) is 83.4 Å². The van der Waals surface area contributed by atoms with Crippen LogP contribution in [0.15, 0.2) is 72.8 Å². The number of nitrogens with zero attached hydrogens (tertiary/aromatic N) is 2. The Balaban J connectivity index is 1.42. The maximum atomic E-state index is 13.2. The standard InChI is InChI=1S/C27H27ClN2O5/c1-32-24-4-2-3-19(17-24)26-25(18-29-13-15-33-16-14-29)35-27(31)30(26)21-7-11-23(12-8-21)34-22-9-5-20(28)6-10-22/h2-12,17,25-26H,13-16,18H2,1H3/t25-,26-/m0/s1. The van der Waals surface area contributed by atoms with Crippen LogP contribution < -0.4 is 14.4 Å². The molecule has 3 aromatic rings. The quantitative estimate of drug-likeness (QED) is 0.430. The number of carbonyl (C=O) groups is 1. The average molecular weight is 495 g/mol. The highest BCUT2D eigenvalue weighted by molar-refractivity contribution is 6.30. The van der Waals surface area contributed by atoms with Crippen molar-refractivity contribution >= 4 is 23.4 Å². The van der Waals surface area contributed by atoms with Gasteiger partial charge in [-0.2, -0.15) is 0 Å². The minimum atomic E-state index is -0.373. The number of anilines is 1. The number of hydrogen-bond donors (Lipinski definition) is 0. The molecule has 8 heteroatoms. The van der Waals surface area contributed by atoms with Crippen molar-refractivity contribution in [1.29, 1.82) is 0 Å². The van der Waals surface area contributed by atoms with Crippen molar-refractivity contribution in [2.75, 3.05) is 44.9 Å². The maximum Gasteiger partial charge on any atom is 0.415 e. The number of ether oxygens (including phenoxy) is 4. The van der Waals surface area contributed by atoms with E-state index in [1.54, 1.807) is 24.1 Å². The molecule has 2 aliphatic rings. The van der Waals surface area contributed by atoms with Gasteiger partial charge in [0.1, 0.15) is 29.4 Å². The normalized spacial score (nSPS) is 20.5. The summed E-state index contributed by atoms with van der Waals surface area (Å²) < 4.78 is 22.8. The molecule has 0 N–H and O–H groups in total. The van der Waals surface area contributed by atoms with Gasteiger partial charge >= 0.3 is 6.09 Å². The van der Waals surface area contributed by atoms with Crippen LogP contribution in [0.3, 0.4) is 0 Å². The number of cyclic esters (lactones) is 1. The second-order valence-electron chi connectivity index (χ2n) is 8.48. The third-order valence-corrected chi connectivity index (χ3v) is 6.47. The van der Waals surface area contributed by atoms with E-state index in [0.717, 1.165) is 30.1 Å². The summed E-state index contributed by atoms with van der Waals surface area (Å²) in [6.07, 6.45) is -0.708. The summed E-state index contributed by atoms with van der Waals surface area (Å²) in [6, 6.07) is 22.1. The van der Waals surface area contributed by atoms with E-state index in [0.29, 0.717) is 36.3 Å². The van der Waals surface area contributed by atoms with E-state index in [9.17, 15) is 4.79 Å². The molecule has 0 bridgehead atoms. The molecule has 182 valence electrons. The molecule has 2 atom stereocenters. The Morgan fingerprint density at radius 1 is 0.943 bits per heavy atom. The lowest BCUT2D eigenvalue weighted by molar-refractivity contribution is 0.0147. The van der Waals surface area contributed by atoms with E-state index in [-0.39, 0.29) is 18.2 Å².